The van der Waals surface area contributed by atoms with Crippen molar-refractivity contribution in [2.24, 2.45) is 0 Å². The Balaban J connectivity index is 1.65. The molecule has 0 atom stereocenters. The Bertz CT molecular complexity index is 727. The maximum atomic E-state index is 12.3. The van der Waals surface area contributed by atoms with E-state index in [2.05, 4.69) is 17.4 Å². The van der Waals surface area contributed by atoms with Gasteiger partial charge >= 0.3 is 0 Å². The molecule has 0 radical (unpaired) electrons. The number of aryl methyl sites for hydroxylation is 1. The first-order chi connectivity index (χ1) is 11.7. The molecule has 2 aromatic carbocycles. The zero-order valence-corrected chi connectivity index (χ0v) is 15.5. The summed E-state index contributed by atoms with van der Waals surface area (Å²) in [5.41, 5.74) is 4.16. The summed E-state index contributed by atoms with van der Waals surface area (Å²) in [6.45, 7) is 1.99. The van der Waals surface area contributed by atoms with E-state index in [-0.39, 0.29) is 5.91 Å². The minimum Gasteiger partial charge on any atom is -0.496 e. The van der Waals surface area contributed by atoms with Crippen molar-refractivity contribution in [3.05, 3.63) is 59.2 Å². The fraction of sp³-hybridized carbons (Fsp3) is 0.316. The summed E-state index contributed by atoms with van der Waals surface area (Å²) in [6.07, 6.45) is 0.341. The molecule has 126 valence electrons. The van der Waals surface area contributed by atoms with Crippen LogP contribution < -0.4 is 10.1 Å². The molecular formula is C19H21NO2S2. The van der Waals surface area contributed by atoms with Crippen molar-refractivity contribution in [3.8, 4) is 5.75 Å². The Morgan fingerprint density at radius 1 is 1.21 bits per heavy atom. The molecule has 5 heteroatoms. The van der Waals surface area contributed by atoms with Gasteiger partial charge in [-0.1, -0.05) is 24.3 Å². The van der Waals surface area contributed by atoms with Gasteiger partial charge in [-0.15, -0.1) is 23.5 Å². The molecule has 1 amide bonds. The van der Waals surface area contributed by atoms with Crippen molar-refractivity contribution in [2.75, 3.05) is 23.9 Å². The predicted molar refractivity (Wildman–Crippen MR) is 104 cm³/mol. The Kier molecular flexibility index (Phi) is 5.74. The number of amides is 1. The number of nitrogens with one attached hydrogen (secondary N) is 1. The van der Waals surface area contributed by atoms with Crippen molar-refractivity contribution >= 4 is 35.1 Å². The van der Waals surface area contributed by atoms with E-state index in [0.29, 0.717) is 11.0 Å². The molecule has 1 fully saturated rings. The molecule has 1 aliphatic heterocycles. The Morgan fingerprint density at radius 3 is 2.75 bits per heavy atom. The predicted octanol–water partition coefficient (Wildman–Crippen LogP) is 4.66. The summed E-state index contributed by atoms with van der Waals surface area (Å²) < 4.78 is 5.81. The van der Waals surface area contributed by atoms with E-state index in [0.717, 1.165) is 22.6 Å². The highest BCUT2D eigenvalue weighted by atomic mass is 32.2. The summed E-state index contributed by atoms with van der Waals surface area (Å²) in [5, 5.41) is 3.01. The summed E-state index contributed by atoms with van der Waals surface area (Å²) in [7, 11) is 1.65. The van der Waals surface area contributed by atoms with Crippen LogP contribution in [0.4, 0.5) is 5.69 Å². The fourth-order valence-corrected chi connectivity index (χ4v) is 5.52. The average Bonchev–Trinajstić information content (AvgIpc) is 3.11. The number of anilines is 1. The molecule has 0 unspecified atom stereocenters. The first-order valence-electron chi connectivity index (χ1n) is 7.92. The lowest BCUT2D eigenvalue weighted by Crippen LogP contribution is -2.14. The van der Waals surface area contributed by atoms with Gasteiger partial charge in [-0.25, -0.2) is 0 Å². The minimum absolute atomic E-state index is 0.00946. The SMILES string of the molecule is COc1cc(CC(=O)Nc2cccc(C3SCCS3)c2)ccc1C. The number of rotatable bonds is 5. The Morgan fingerprint density at radius 2 is 2.00 bits per heavy atom. The van der Waals surface area contributed by atoms with Crippen LogP contribution in [0.3, 0.4) is 0 Å². The summed E-state index contributed by atoms with van der Waals surface area (Å²) in [4.78, 5) is 12.3. The largest absolute Gasteiger partial charge is 0.496 e. The lowest BCUT2D eigenvalue weighted by Gasteiger charge is -2.12. The molecule has 2 aromatic rings. The van der Waals surface area contributed by atoms with Crippen LogP contribution in [-0.2, 0) is 11.2 Å². The second-order valence-corrected chi connectivity index (χ2v) is 8.45. The van der Waals surface area contributed by atoms with Crippen LogP contribution in [0.25, 0.3) is 0 Å². The van der Waals surface area contributed by atoms with Gasteiger partial charge in [0, 0.05) is 17.2 Å². The molecule has 0 aromatic heterocycles. The van der Waals surface area contributed by atoms with Crippen molar-refractivity contribution in [1.82, 2.24) is 0 Å². The van der Waals surface area contributed by atoms with Gasteiger partial charge in [0.2, 0.25) is 5.91 Å². The van der Waals surface area contributed by atoms with E-state index in [1.807, 2.05) is 60.8 Å². The first kappa shape index (κ1) is 17.2. The lowest BCUT2D eigenvalue weighted by molar-refractivity contribution is -0.115. The number of carbonyl (C=O) groups is 1. The molecule has 24 heavy (non-hydrogen) atoms. The topological polar surface area (TPSA) is 38.3 Å². The van der Waals surface area contributed by atoms with Crippen LogP contribution in [0.2, 0.25) is 0 Å². The smallest absolute Gasteiger partial charge is 0.228 e. The van der Waals surface area contributed by atoms with E-state index in [4.69, 9.17) is 4.74 Å². The average molecular weight is 360 g/mol. The second-order valence-electron chi connectivity index (χ2n) is 5.73. The maximum absolute atomic E-state index is 12.3. The number of carbonyl (C=O) groups excluding carboxylic acids is 1. The maximum Gasteiger partial charge on any atom is 0.228 e. The monoisotopic (exact) mass is 359 g/mol. The molecule has 0 aliphatic carbocycles. The van der Waals surface area contributed by atoms with Crippen LogP contribution >= 0.6 is 23.5 Å². The van der Waals surface area contributed by atoms with Gasteiger partial charge in [0.25, 0.3) is 0 Å². The van der Waals surface area contributed by atoms with Crippen LogP contribution in [0.5, 0.6) is 5.75 Å². The van der Waals surface area contributed by atoms with E-state index in [1.165, 1.54) is 17.1 Å². The van der Waals surface area contributed by atoms with Gasteiger partial charge in [0.15, 0.2) is 0 Å². The molecule has 3 rings (SSSR count). The van der Waals surface area contributed by atoms with Gasteiger partial charge in [-0.05, 0) is 41.8 Å². The van der Waals surface area contributed by atoms with Crippen molar-refractivity contribution < 1.29 is 9.53 Å². The van der Waals surface area contributed by atoms with Gasteiger partial charge in [0.1, 0.15) is 5.75 Å². The third-order valence-corrected chi connectivity index (χ3v) is 7.01. The number of ether oxygens (including phenoxy) is 1. The molecular weight excluding hydrogens is 338 g/mol. The van der Waals surface area contributed by atoms with E-state index >= 15 is 0 Å². The van der Waals surface area contributed by atoms with Crippen molar-refractivity contribution in [1.29, 1.82) is 0 Å². The Labute approximate surface area is 151 Å². The lowest BCUT2D eigenvalue weighted by atomic mass is 10.1. The number of methoxy groups -OCH3 is 1. The molecule has 0 saturated carbocycles. The van der Waals surface area contributed by atoms with Gasteiger partial charge < -0.3 is 10.1 Å². The first-order valence-corrected chi connectivity index (χ1v) is 10.0. The van der Waals surface area contributed by atoms with Gasteiger partial charge in [0.05, 0.1) is 18.1 Å². The third kappa shape index (κ3) is 4.28. The standard InChI is InChI=1S/C19H21NO2S2/c1-13-6-7-14(10-17(13)22-2)11-18(21)20-16-5-3-4-15(12-16)19-23-8-9-24-19/h3-7,10,12,19H,8-9,11H2,1-2H3,(H,20,21). The van der Waals surface area contributed by atoms with E-state index < -0.39 is 0 Å². The number of thioether (sulfide) groups is 2. The van der Waals surface area contributed by atoms with Gasteiger partial charge in [-0.3, -0.25) is 4.79 Å². The highest BCUT2D eigenvalue weighted by Crippen LogP contribution is 2.45. The van der Waals surface area contributed by atoms with Crippen LogP contribution in [0.1, 0.15) is 21.3 Å². The van der Waals surface area contributed by atoms with Crippen LogP contribution in [-0.4, -0.2) is 24.5 Å². The summed E-state index contributed by atoms with van der Waals surface area (Å²) in [5.74, 6) is 3.20. The summed E-state index contributed by atoms with van der Waals surface area (Å²) >= 11 is 3.93. The van der Waals surface area contributed by atoms with E-state index in [1.54, 1.807) is 7.11 Å². The fourth-order valence-electron chi connectivity index (χ4n) is 2.68. The molecule has 1 N–H and O–H groups in total. The third-order valence-electron chi connectivity index (χ3n) is 3.90. The van der Waals surface area contributed by atoms with Crippen LogP contribution in [0.15, 0.2) is 42.5 Å². The molecule has 1 heterocycles. The molecule has 0 spiro atoms. The highest BCUT2D eigenvalue weighted by molar-refractivity contribution is 8.19. The molecule has 0 bridgehead atoms. The molecule has 1 aliphatic rings. The number of benzene rings is 2. The van der Waals surface area contributed by atoms with Crippen molar-refractivity contribution in [3.63, 3.8) is 0 Å². The normalized spacial score (nSPS) is 14.6. The quantitative estimate of drug-likeness (QED) is 0.842. The second kappa shape index (κ2) is 7.99. The number of hydrogen-bond donors (Lipinski definition) is 1. The van der Waals surface area contributed by atoms with Crippen molar-refractivity contribution in [2.45, 2.75) is 17.9 Å². The zero-order valence-electron chi connectivity index (χ0n) is 13.9. The van der Waals surface area contributed by atoms with Gasteiger partial charge in [-0.2, -0.15) is 0 Å². The zero-order chi connectivity index (χ0) is 16.9. The minimum atomic E-state index is -0.00946. The highest BCUT2D eigenvalue weighted by Gasteiger charge is 2.18. The Hall–Kier alpha value is -1.59. The van der Waals surface area contributed by atoms with Crippen LogP contribution in [0, 0.1) is 6.92 Å². The van der Waals surface area contributed by atoms with E-state index in [9.17, 15) is 4.79 Å². The molecule has 3 nitrogen and oxygen atoms in total. The number of hydrogen-bond acceptors (Lipinski definition) is 4. The summed E-state index contributed by atoms with van der Waals surface area (Å²) in [6, 6.07) is 14.1. The molecule has 1 saturated heterocycles.